The minimum atomic E-state index is 0.676. The first-order valence-electron chi connectivity index (χ1n) is 5.59. The van der Waals surface area contributed by atoms with Crippen LogP contribution < -0.4 is 0 Å². The molecule has 0 saturated carbocycles. The summed E-state index contributed by atoms with van der Waals surface area (Å²) in [7, 11) is 0. The van der Waals surface area contributed by atoms with E-state index in [1.54, 1.807) is 0 Å². The van der Waals surface area contributed by atoms with E-state index in [-0.39, 0.29) is 0 Å². The fourth-order valence-corrected chi connectivity index (χ4v) is 1.80. The molecule has 0 amide bonds. The van der Waals surface area contributed by atoms with Crippen LogP contribution in [0.2, 0.25) is 0 Å². The Morgan fingerprint density at radius 1 is 0.778 bits per heavy atom. The third-order valence-electron chi connectivity index (χ3n) is 2.79. The highest BCUT2D eigenvalue weighted by Gasteiger charge is 2.02. The van der Waals surface area contributed by atoms with Gasteiger partial charge >= 0.3 is 0 Å². The predicted octanol–water partition coefficient (Wildman–Crippen LogP) is 2.72. The van der Waals surface area contributed by atoms with Crippen molar-refractivity contribution in [2.45, 2.75) is 0 Å². The molecule has 3 aromatic rings. The van der Waals surface area contributed by atoms with Gasteiger partial charge in [0.25, 0.3) is 0 Å². The molecule has 18 heavy (non-hydrogen) atoms. The van der Waals surface area contributed by atoms with E-state index in [0.29, 0.717) is 5.82 Å². The van der Waals surface area contributed by atoms with E-state index < -0.39 is 0 Å². The van der Waals surface area contributed by atoms with Crippen LogP contribution in [0, 0.1) is 6.92 Å². The molecule has 0 saturated heterocycles. The lowest BCUT2D eigenvalue weighted by molar-refractivity contribution is 0.881. The molecule has 1 radical (unpaired) electrons. The van der Waals surface area contributed by atoms with Gasteiger partial charge in [-0.3, -0.25) is 0 Å². The second kappa shape index (κ2) is 4.41. The van der Waals surface area contributed by atoms with E-state index in [1.165, 1.54) is 5.56 Å². The van der Waals surface area contributed by atoms with Crippen molar-refractivity contribution >= 4 is 0 Å². The molecule has 3 rings (SSSR count). The molecular formula is C14H11N4. The first kappa shape index (κ1) is 10.7. The third kappa shape index (κ3) is 2.00. The number of H-pyrrole nitrogens is 1. The Hall–Kier alpha value is -2.49. The quantitative estimate of drug-likeness (QED) is 0.743. The van der Waals surface area contributed by atoms with Crippen molar-refractivity contribution in [3.63, 3.8) is 0 Å². The molecule has 1 N–H and O–H groups in total. The van der Waals surface area contributed by atoms with E-state index in [2.05, 4.69) is 51.8 Å². The molecule has 0 bridgehead atoms. The maximum Gasteiger partial charge on any atom is 0.179 e. The topological polar surface area (TPSA) is 54.5 Å². The number of nitrogens with one attached hydrogen (secondary N) is 1. The highest BCUT2D eigenvalue weighted by Crippen LogP contribution is 2.22. The second-order valence-corrected chi connectivity index (χ2v) is 4.02. The van der Waals surface area contributed by atoms with E-state index in [0.717, 1.165) is 16.7 Å². The van der Waals surface area contributed by atoms with Gasteiger partial charge in [0, 0.05) is 5.56 Å². The van der Waals surface area contributed by atoms with Gasteiger partial charge in [0.05, 0.1) is 0 Å². The van der Waals surface area contributed by atoms with Gasteiger partial charge in [-0.1, -0.05) is 48.5 Å². The van der Waals surface area contributed by atoms with Gasteiger partial charge in [-0.15, -0.1) is 5.10 Å². The van der Waals surface area contributed by atoms with E-state index in [9.17, 15) is 0 Å². The van der Waals surface area contributed by atoms with Crippen molar-refractivity contribution in [2.24, 2.45) is 0 Å². The lowest BCUT2D eigenvalue weighted by Gasteiger charge is -2.03. The summed E-state index contributed by atoms with van der Waals surface area (Å²) >= 11 is 0. The largest absolute Gasteiger partial charge is 0.239 e. The molecule has 0 aliphatic rings. The molecule has 0 atom stereocenters. The summed E-state index contributed by atoms with van der Waals surface area (Å²) in [6.45, 7) is 3.88. The lowest BCUT2D eigenvalue weighted by Crippen LogP contribution is -1.82. The van der Waals surface area contributed by atoms with Crippen LogP contribution in [-0.2, 0) is 0 Å². The molecule has 1 heterocycles. The number of hydrogen-bond donors (Lipinski definition) is 1. The average molecular weight is 235 g/mol. The minimum absolute atomic E-state index is 0.676. The SMILES string of the molecule is [CH2]c1ccc(-c2ccc(-c3nnn[nH]3)cc2)cc1. The number of aromatic amines is 1. The number of hydrogen-bond acceptors (Lipinski definition) is 3. The van der Waals surface area contributed by atoms with Gasteiger partial charge in [0.15, 0.2) is 5.82 Å². The van der Waals surface area contributed by atoms with Crippen LogP contribution in [0.25, 0.3) is 22.5 Å². The molecule has 0 spiro atoms. The Morgan fingerprint density at radius 3 is 1.89 bits per heavy atom. The Kier molecular flexibility index (Phi) is 2.61. The zero-order valence-corrected chi connectivity index (χ0v) is 9.67. The summed E-state index contributed by atoms with van der Waals surface area (Å²) in [6.07, 6.45) is 0. The van der Waals surface area contributed by atoms with Crippen molar-refractivity contribution in [1.29, 1.82) is 0 Å². The van der Waals surface area contributed by atoms with Crippen molar-refractivity contribution in [1.82, 2.24) is 20.6 Å². The third-order valence-corrected chi connectivity index (χ3v) is 2.79. The van der Waals surface area contributed by atoms with Gasteiger partial charge in [0.2, 0.25) is 0 Å². The maximum atomic E-state index is 3.88. The van der Waals surface area contributed by atoms with Gasteiger partial charge < -0.3 is 0 Å². The predicted molar refractivity (Wildman–Crippen MR) is 69.5 cm³/mol. The summed E-state index contributed by atoms with van der Waals surface area (Å²) in [5.74, 6) is 0.676. The van der Waals surface area contributed by atoms with Crippen LogP contribution in [0.1, 0.15) is 5.56 Å². The average Bonchev–Trinajstić information content (AvgIpc) is 2.94. The molecule has 4 heteroatoms. The van der Waals surface area contributed by atoms with Crippen molar-refractivity contribution < 1.29 is 0 Å². The van der Waals surface area contributed by atoms with Gasteiger partial charge in [0.1, 0.15) is 0 Å². The van der Waals surface area contributed by atoms with Crippen molar-refractivity contribution in [3.05, 3.63) is 61.0 Å². The molecule has 0 fully saturated rings. The molecule has 2 aromatic carbocycles. The van der Waals surface area contributed by atoms with E-state index in [1.807, 2.05) is 24.3 Å². The smallest absolute Gasteiger partial charge is 0.179 e. The number of rotatable bonds is 2. The molecular weight excluding hydrogens is 224 g/mol. The fraction of sp³-hybridized carbons (Fsp3) is 0. The molecule has 87 valence electrons. The molecule has 0 aliphatic carbocycles. The Morgan fingerprint density at radius 2 is 1.33 bits per heavy atom. The van der Waals surface area contributed by atoms with Crippen molar-refractivity contribution in [2.75, 3.05) is 0 Å². The van der Waals surface area contributed by atoms with Gasteiger partial charge in [-0.25, -0.2) is 5.10 Å². The number of aromatic nitrogens is 4. The highest BCUT2D eigenvalue weighted by molar-refractivity contribution is 5.67. The minimum Gasteiger partial charge on any atom is -0.239 e. The lowest BCUT2D eigenvalue weighted by atomic mass is 10.0. The molecule has 0 aliphatic heterocycles. The summed E-state index contributed by atoms with van der Waals surface area (Å²) in [5.41, 5.74) is 4.32. The first-order chi connectivity index (χ1) is 8.83. The summed E-state index contributed by atoms with van der Waals surface area (Å²) < 4.78 is 0. The molecule has 0 unspecified atom stereocenters. The summed E-state index contributed by atoms with van der Waals surface area (Å²) in [4.78, 5) is 0. The Bertz CT molecular complexity index is 625. The van der Waals surface area contributed by atoms with E-state index >= 15 is 0 Å². The maximum absolute atomic E-state index is 3.88. The van der Waals surface area contributed by atoms with Crippen LogP contribution in [0.15, 0.2) is 48.5 Å². The van der Waals surface area contributed by atoms with Crippen LogP contribution in [0.5, 0.6) is 0 Å². The zero-order chi connectivity index (χ0) is 12.4. The van der Waals surface area contributed by atoms with Gasteiger partial charge in [-0.05, 0) is 34.0 Å². The zero-order valence-electron chi connectivity index (χ0n) is 9.67. The number of benzene rings is 2. The monoisotopic (exact) mass is 235 g/mol. The van der Waals surface area contributed by atoms with E-state index in [4.69, 9.17) is 0 Å². The summed E-state index contributed by atoms with van der Waals surface area (Å²) in [5, 5.41) is 13.7. The Labute approximate surface area is 105 Å². The molecule has 4 nitrogen and oxygen atoms in total. The number of tetrazole rings is 1. The number of nitrogens with zero attached hydrogens (tertiary/aromatic N) is 3. The second-order valence-electron chi connectivity index (χ2n) is 4.02. The van der Waals surface area contributed by atoms with Crippen molar-refractivity contribution in [3.8, 4) is 22.5 Å². The van der Waals surface area contributed by atoms with Gasteiger partial charge in [-0.2, -0.15) is 0 Å². The normalized spacial score (nSPS) is 10.5. The first-order valence-corrected chi connectivity index (χ1v) is 5.59. The fourth-order valence-electron chi connectivity index (χ4n) is 1.80. The van der Waals surface area contributed by atoms with Crippen LogP contribution >= 0.6 is 0 Å². The van der Waals surface area contributed by atoms with Crippen LogP contribution in [0.4, 0.5) is 0 Å². The van der Waals surface area contributed by atoms with Crippen LogP contribution in [-0.4, -0.2) is 20.6 Å². The van der Waals surface area contributed by atoms with Crippen LogP contribution in [0.3, 0.4) is 0 Å². The Balaban J connectivity index is 1.94. The standard InChI is InChI=1S/C14H11N4/c1-10-2-4-11(5-3-10)12-6-8-13(9-7-12)14-15-17-18-16-14/h2-9H,1H2,(H,15,16,17,18). The summed E-state index contributed by atoms with van der Waals surface area (Å²) in [6, 6.07) is 16.2. The molecule has 1 aromatic heterocycles. The highest BCUT2D eigenvalue weighted by atomic mass is 15.5.